The van der Waals surface area contributed by atoms with Crippen LogP contribution in [0, 0.1) is 5.92 Å². The average Bonchev–Trinajstić information content (AvgIpc) is 2.68. The maximum absolute atomic E-state index is 12.7. The summed E-state index contributed by atoms with van der Waals surface area (Å²) in [6, 6.07) is 1.63. The summed E-state index contributed by atoms with van der Waals surface area (Å²) >= 11 is 6.02. The van der Waals surface area contributed by atoms with Crippen LogP contribution >= 0.6 is 11.6 Å². The van der Waals surface area contributed by atoms with E-state index in [9.17, 15) is 9.59 Å². The van der Waals surface area contributed by atoms with Crippen LogP contribution in [0.15, 0.2) is 12.3 Å². The zero-order chi connectivity index (χ0) is 18.5. The molecule has 2 fully saturated rings. The van der Waals surface area contributed by atoms with Crippen LogP contribution in [0.4, 0.5) is 0 Å². The number of rotatable bonds is 4. The number of amides is 1. The van der Waals surface area contributed by atoms with Crippen molar-refractivity contribution < 1.29 is 19.1 Å². The summed E-state index contributed by atoms with van der Waals surface area (Å²) in [7, 11) is 0. The molecule has 0 N–H and O–H groups in total. The predicted octanol–water partition coefficient (Wildman–Crippen LogP) is 3.04. The van der Waals surface area contributed by atoms with E-state index in [1.807, 2.05) is 4.90 Å². The molecule has 0 spiro atoms. The molecule has 0 bridgehead atoms. The standard InChI is InChI=1S/C19H25ClN2O4/c1-2-26-19(24)16-11-15(20)12-21-17(16)13-3-7-22(8-4-13)18(23)14-5-9-25-10-6-14/h11-14H,2-10H2,1H3. The third-order valence-electron chi connectivity index (χ3n) is 5.14. The lowest BCUT2D eigenvalue weighted by Crippen LogP contribution is -2.43. The molecule has 26 heavy (non-hydrogen) atoms. The van der Waals surface area contributed by atoms with Crippen LogP contribution in [0.3, 0.4) is 0 Å². The third kappa shape index (κ3) is 4.35. The van der Waals surface area contributed by atoms with Gasteiger partial charge in [-0.3, -0.25) is 9.78 Å². The van der Waals surface area contributed by atoms with Gasteiger partial charge in [0.25, 0.3) is 0 Å². The smallest absolute Gasteiger partial charge is 0.340 e. The van der Waals surface area contributed by atoms with E-state index in [-0.39, 0.29) is 17.7 Å². The lowest BCUT2D eigenvalue weighted by molar-refractivity contribution is -0.139. The van der Waals surface area contributed by atoms with Gasteiger partial charge in [-0.05, 0) is 38.7 Å². The third-order valence-corrected chi connectivity index (χ3v) is 5.35. The van der Waals surface area contributed by atoms with Crippen molar-refractivity contribution in [1.82, 2.24) is 9.88 Å². The fraction of sp³-hybridized carbons (Fsp3) is 0.632. The Morgan fingerprint density at radius 2 is 1.96 bits per heavy atom. The minimum atomic E-state index is -0.391. The maximum Gasteiger partial charge on any atom is 0.340 e. The molecule has 2 saturated heterocycles. The van der Waals surface area contributed by atoms with Crippen LogP contribution in [0.1, 0.15) is 54.6 Å². The molecule has 2 aliphatic heterocycles. The number of carbonyl (C=O) groups excluding carboxylic acids is 2. The molecule has 7 heteroatoms. The Morgan fingerprint density at radius 3 is 2.62 bits per heavy atom. The van der Waals surface area contributed by atoms with Gasteiger partial charge in [0, 0.05) is 44.3 Å². The van der Waals surface area contributed by atoms with E-state index in [1.54, 1.807) is 19.2 Å². The van der Waals surface area contributed by atoms with Crippen molar-refractivity contribution in [2.45, 2.75) is 38.5 Å². The van der Waals surface area contributed by atoms with Crippen LogP contribution < -0.4 is 0 Å². The summed E-state index contributed by atoms with van der Waals surface area (Å²) in [5.41, 5.74) is 1.17. The number of halogens is 1. The lowest BCUT2D eigenvalue weighted by Gasteiger charge is -2.35. The highest BCUT2D eigenvalue weighted by atomic mass is 35.5. The van der Waals surface area contributed by atoms with Crippen molar-refractivity contribution in [3.8, 4) is 0 Å². The number of hydrogen-bond donors (Lipinski definition) is 0. The molecule has 142 valence electrons. The first-order valence-corrected chi connectivity index (χ1v) is 9.67. The molecular weight excluding hydrogens is 356 g/mol. The Labute approximate surface area is 158 Å². The molecule has 0 unspecified atom stereocenters. The van der Waals surface area contributed by atoms with Gasteiger partial charge < -0.3 is 14.4 Å². The van der Waals surface area contributed by atoms with Gasteiger partial charge in [-0.2, -0.15) is 0 Å². The van der Waals surface area contributed by atoms with Crippen molar-refractivity contribution in [3.63, 3.8) is 0 Å². The predicted molar refractivity (Wildman–Crippen MR) is 97.3 cm³/mol. The van der Waals surface area contributed by atoms with Crippen molar-refractivity contribution in [1.29, 1.82) is 0 Å². The van der Waals surface area contributed by atoms with Crippen LogP contribution in [-0.2, 0) is 14.3 Å². The summed E-state index contributed by atoms with van der Waals surface area (Å²) in [6.45, 7) is 4.80. The van der Waals surface area contributed by atoms with Gasteiger partial charge in [0.1, 0.15) is 0 Å². The number of hydrogen-bond acceptors (Lipinski definition) is 5. The maximum atomic E-state index is 12.7. The van der Waals surface area contributed by atoms with Gasteiger partial charge in [-0.15, -0.1) is 0 Å². The average molecular weight is 381 g/mol. The number of pyridine rings is 1. The molecule has 0 aromatic carbocycles. The molecule has 2 aliphatic rings. The van der Waals surface area contributed by atoms with E-state index in [0.29, 0.717) is 43.5 Å². The summed E-state index contributed by atoms with van der Waals surface area (Å²) in [6.07, 6.45) is 4.76. The Hall–Kier alpha value is -1.66. The van der Waals surface area contributed by atoms with E-state index in [4.69, 9.17) is 21.1 Å². The second-order valence-electron chi connectivity index (χ2n) is 6.79. The zero-order valence-electron chi connectivity index (χ0n) is 15.1. The van der Waals surface area contributed by atoms with Gasteiger partial charge in [0.05, 0.1) is 22.9 Å². The molecule has 6 nitrogen and oxygen atoms in total. The number of esters is 1. The molecule has 1 aromatic rings. The fourth-order valence-electron chi connectivity index (χ4n) is 3.72. The fourth-order valence-corrected chi connectivity index (χ4v) is 3.88. The van der Waals surface area contributed by atoms with E-state index in [2.05, 4.69) is 4.98 Å². The Kier molecular flexibility index (Phi) is 6.48. The van der Waals surface area contributed by atoms with Gasteiger partial charge in [0.2, 0.25) is 5.91 Å². The minimum Gasteiger partial charge on any atom is -0.462 e. The second kappa shape index (κ2) is 8.82. The number of piperidine rings is 1. The minimum absolute atomic E-state index is 0.0871. The zero-order valence-corrected chi connectivity index (χ0v) is 15.8. The molecule has 3 heterocycles. The van der Waals surface area contributed by atoms with Gasteiger partial charge in [0.15, 0.2) is 0 Å². The molecule has 1 amide bonds. The number of likely N-dealkylation sites (tertiary alicyclic amines) is 1. The number of aromatic nitrogens is 1. The molecule has 0 saturated carbocycles. The number of carbonyl (C=O) groups is 2. The van der Waals surface area contributed by atoms with Crippen molar-refractivity contribution in [2.24, 2.45) is 5.92 Å². The Bertz CT molecular complexity index is 653. The topological polar surface area (TPSA) is 68.7 Å². The SMILES string of the molecule is CCOC(=O)c1cc(Cl)cnc1C1CCN(C(=O)C2CCOCC2)CC1. The first-order valence-electron chi connectivity index (χ1n) is 9.29. The van der Waals surface area contributed by atoms with Crippen LogP contribution in [0.25, 0.3) is 0 Å². The van der Waals surface area contributed by atoms with Gasteiger partial charge in [-0.1, -0.05) is 11.6 Å². The van der Waals surface area contributed by atoms with E-state index in [1.165, 1.54) is 0 Å². The van der Waals surface area contributed by atoms with E-state index in [0.717, 1.165) is 31.4 Å². The van der Waals surface area contributed by atoms with Crippen LogP contribution in [0.2, 0.25) is 5.02 Å². The first-order chi connectivity index (χ1) is 12.6. The van der Waals surface area contributed by atoms with Crippen LogP contribution in [0.5, 0.6) is 0 Å². The highest BCUT2D eigenvalue weighted by Gasteiger charge is 2.31. The lowest BCUT2D eigenvalue weighted by atomic mass is 9.89. The first kappa shape index (κ1) is 19.1. The monoisotopic (exact) mass is 380 g/mol. The largest absolute Gasteiger partial charge is 0.462 e. The molecule has 0 radical (unpaired) electrons. The quantitative estimate of drug-likeness (QED) is 0.751. The second-order valence-corrected chi connectivity index (χ2v) is 7.23. The van der Waals surface area contributed by atoms with Crippen LogP contribution in [-0.4, -0.2) is 54.7 Å². The normalized spacial score (nSPS) is 19.4. The summed E-state index contributed by atoms with van der Waals surface area (Å²) in [5, 5.41) is 0.420. The molecular formula is C19H25ClN2O4. The molecule has 1 aromatic heterocycles. The Balaban J connectivity index is 1.66. The van der Waals surface area contributed by atoms with E-state index >= 15 is 0 Å². The summed E-state index contributed by atoms with van der Waals surface area (Å²) < 4.78 is 10.5. The van der Waals surface area contributed by atoms with Crippen molar-refractivity contribution in [2.75, 3.05) is 32.9 Å². The molecule has 0 atom stereocenters. The summed E-state index contributed by atoms with van der Waals surface area (Å²) in [5.74, 6) is 0.0640. The van der Waals surface area contributed by atoms with Gasteiger partial charge in [-0.25, -0.2) is 4.79 Å². The summed E-state index contributed by atoms with van der Waals surface area (Å²) in [4.78, 5) is 31.3. The van der Waals surface area contributed by atoms with Crippen molar-refractivity contribution >= 4 is 23.5 Å². The highest BCUT2D eigenvalue weighted by Crippen LogP contribution is 2.31. The number of ether oxygens (including phenoxy) is 2. The number of nitrogens with zero attached hydrogens (tertiary/aromatic N) is 2. The molecule has 3 rings (SSSR count). The van der Waals surface area contributed by atoms with Gasteiger partial charge >= 0.3 is 5.97 Å². The Morgan fingerprint density at radius 1 is 1.27 bits per heavy atom. The highest BCUT2D eigenvalue weighted by molar-refractivity contribution is 6.30. The molecule has 0 aliphatic carbocycles. The van der Waals surface area contributed by atoms with E-state index < -0.39 is 5.97 Å². The van der Waals surface area contributed by atoms with Crippen molar-refractivity contribution in [3.05, 3.63) is 28.5 Å².